The number of nitrogens with zero attached hydrogens (tertiary/aromatic N) is 1. The van der Waals surface area contributed by atoms with Crippen molar-refractivity contribution in [1.82, 2.24) is 0 Å². The van der Waals surface area contributed by atoms with E-state index in [1.807, 2.05) is 61.5 Å². The molecule has 1 aliphatic heterocycles. The second-order valence-corrected chi connectivity index (χ2v) is 7.40. The second-order valence-electron chi connectivity index (χ2n) is 6.99. The molecule has 0 N–H and O–H groups in total. The van der Waals surface area contributed by atoms with Gasteiger partial charge >= 0.3 is 5.97 Å². The first-order chi connectivity index (χ1) is 15.0. The number of esters is 1. The summed E-state index contributed by atoms with van der Waals surface area (Å²) in [6, 6.07) is 20.5. The van der Waals surface area contributed by atoms with E-state index in [0.717, 1.165) is 22.3 Å². The number of halogens is 1. The van der Waals surface area contributed by atoms with Gasteiger partial charge < -0.3 is 14.2 Å². The molecule has 3 aromatic rings. The summed E-state index contributed by atoms with van der Waals surface area (Å²) in [5.74, 6) is 0.911. The number of carbonyl (C=O) groups excluding carboxylic acids is 1. The minimum Gasteiger partial charge on any atom is -0.493 e. The second kappa shape index (κ2) is 9.06. The Labute approximate surface area is 185 Å². The van der Waals surface area contributed by atoms with Crippen LogP contribution in [-0.4, -0.2) is 19.0 Å². The molecule has 5 nitrogen and oxygen atoms in total. The molecule has 4 rings (SSSR count). The Balaban J connectivity index is 1.54. The topological polar surface area (TPSA) is 57.1 Å². The van der Waals surface area contributed by atoms with E-state index in [-0.39, 0.29) is 5.70 Å². The van der Waals surface area contributed by atoms with Crippen LogP contribution in [0.5, 0.6) is 11.5 Å². The van der Waals surface area contributed by atoms with Crippen molar-refractivity contribution in [1.29, 1.82) is 0 Å². The highest BCUT2D eigenvalue weighted by atomic mass is 35.5. The number of cyclic esters (lactones) is 1. The lowest BCUT2D eigenvalue weighted by molar-refractivity contribution is -0.129. The number of hydrogen-bond donors (Lipinski definition) is 0. The fourth-order valence-corrected chi connectivity index (χ4v) is 3.24. The highest BCUT2D eigenvalue weighted by Crippen LogP contribution is 2.31. The minimum atomic E-state index is -0.492. The van der Waals surface area contributed by atoms with Crippen LogP contribution in [0, 0.1) is 6.92 Å². The molecule has 6 heteroatoms. The maximum atomic E-state index is 12.3. The average Bonchev–Trinajstić information content (AvgIpc) is 3.14. The molecule has 0 fully saturated rings. The lowest BCUT2D eigenvalue weighted by Gasteiger charge is -2.12. The van der Waals surface area contributed by atoms with Crippen LogP contribution < -0.4 is 9.47 Å². The summed E-state index contributed by atoms with van der Waals surface area (Å²) < 4.78 is 16.7. The van der Waals surface area contributed by atoms with Gasteiger partial charge in [-0.15, -0.1) is 0 Å². The molecule has 3 aromatic carbocycles. The van der Waals surface area contributed by atoms with Crippen molar-refractivity contribution >= 4 is 29.5 Å². The normalized spacial score (nSPS) is 14.4. The largest absolute Gasteiger partial charge is 0.493 e. The van der Waals surface area contributed by atoms with Crippen molar-refractivity contribution in [2.45, 2.75) is 13.5 Å². The van der Waals surface area contributed by atoms with Crippen LogP contribution in [0.25, 0.3) is 6.08 Å². The zero-order valence-electron chi connectivity index (χ0n) is 17.1. The Hall–Kier alpha value is -3.57. The van der Waals surface area contributed by atoms with Gasteiger partial charge in [-0.3, -0.25) is 0 Å². The molecule has 0 atom stereocenters. The van der Waals surface area contributed by atoms with E-state index >= 15 is 0 Å². The molecular formula is C25H20ClNO4. The van der Waals surface area contributed by atoms with Gasteiger partial charge in [-0.05, 0) is 48.9 Å². The third-order valence-corrected chi connectivity index (χ3v) is 5.12. The van der Waals surface area contributed by atoms with E-state index in [4.69, 9.17) is 25.8 Å². The number of methoxy groups -OCH3 is 1. The van der Waals surface area contributed by atoms with Gasteiger partial charge in [0.2, 0.25) is 5.90 Å². The van der Waals surface area contributed by atoms with Gasteiger partial charge in [-0.25, -0.2) is 9.79 Å². The predicted molar refractivity (Wildman–Crippen MR) is 121 cm³/mol. The van der Waals surface area contributed by atoms with E-state index in [0.29, 0.717) is 29.0 Å². The van der Waals surface area contributed by atoms with Crippen LogP contribution in [0.3, 0.4) is 0 Å². The zero-order chi connectivity index (χ0) is 21.8. The lowest BCUT2D eigenvalue weighted by Crippen LogP contribution is -2.05. The maximum Gasteiger partial charge on any atom is 0.363 e. The molecule has 31 heavy (non-hydrogen) atoms. The van der Waals surface area contributed by atoms with Crippen LogP contribution in [0.2, 0.25) is 5.02 Å². The summed E-state index contributed by atoms with van der Waals surface area (Å²) in [6.45, 7) is 2.31. The molecule has 0 aromatic heterocycles. The number of ether oxygens (including phenoxy) is 3. The monoisotopic (exact) mass is 433 g/mol. The Morgan fingerprint density at radius 2 is 1.81 bits per heavy atom. The smallest absolute Gasteiger partial charge is 0.363 e. The molecule has 0 bridgehead atoms. The van der Waals surface area contributed by atoms with Crippen LogP contribution >= 0.6 is 11.6 Å². The van der Waals surface area contributed by atoms with Crippen molar-refractivity contribution in [3.05, 3.63) is 99.7 Å². The first-order valence-corrected chi connectivity index (χ1v) is 10.0. The molecule has 0 radical (unpaired) electrons. The standard InChI is InChI=1S/C25H20ClNO4/c1-16-7-10-18(11-8-16)24-27-21(25(28)31-24)13-17-9-12-22(23(14-17)29-2)30-15-19-5-3-4-6-20(19)26/h3-14H,15H2,1-2H3/b21-13+. The van der Waals surface area contributed by atoms with Crippen LogP contribution in [0.15, 0.2) is 77.4 Å². The summed E-state index contributed by atoms with van der Waals surface area (Å²) in [5, 5.41) is 0.643. The SMILES string of the molecule is COc1cc(/C=C2/N=C(c3ccc(C)cc3)OC2=O)ccc1OCc1ccccc1Cl. The Morgan fingerprint density at radius 1 is 1.03 bits per heavy atom. The van der Waals surface area contributed by atoms with Crippen LogP contribution in [0.1, 0.15) is 22.3 Å². The molecule has 0 aliphatic carbocycles. The van der Waals surface area contributed by atoms with Gasteiger partial charge in [0.25, 0.3) is 0 Å². The molecule has 1 aliphatic rings. The quantitative estimate of drug-likeness (QED) is 0.376. The summed E-state index contributed by atoms with van der Waals surface area (Å²) in [5.41, 5.74) is 3.71. The van der Waals surface area contributed by atoms with Crippen molar-refractivity contribution in [3.63, 3.8) is 0 Å². The van der Waals surface area contributed by atoms with Crippen molar-refractivity contribution in [2.24, 2.45) is 4.99 Å². The van der Waals surface area contributed by atoms with E-state index in [1.165, 1.54) is 0 Å². The average molecular weight is 434 g/mol. The number of benzene rings is 3. The van der Waals surface area contributed by atoms with Crippen LogP contribution in [-0.2, 0) is 16.1 Å². The molecule has 156 valence electrons. The molecule has 0 saturated carbocycles. The maximum absolute atomic E-state index is 12.3. The zero-order valence-corrected chi connectivity index (χ0v) is 17.8. The molecule has 1 heterocycles. The molecular weight excluding hydrogens is 414 g/mol. The highest BCUT2D eigenvalue weighted by Gasteiger charge is 2.24. The Morgan fingerprint density at radius 3 is 2.55 bits per heavy atom. The van der Waals surface area contributed by atoms with E-state index in [1.54, 1.807) is 25.3 Å². The number of hydrogen-bond acceptors (Lipinski definition) is 5. The van der Waals surface area contributed by atoms with E-state index in [9.17, 15) is 4.79 Å². The van der Waals surface area contributed by atoms with Gasteiger partial charge in [0.1, 0.15) is 6.61 Å². The summed E-state index contributed by atoms with van der Waals surface area (Å²) in [4.78, 5) is 16.6. The first-order valence-electron chi connectivity index (χ1n) is 9.67. The lowest BCUT2D eigenvalue weighted by atomic mass is 10.1. The van der Waals surface area contributed by atoms with Gasteiger partial charge in [0, 0.05) is 16.1 Å². The van der Waals surface area contributed by atoms with Crippen LogP contribution in [0.4, 0.5) is 0 Å². The fraction of sp³-hybridized carbons (Fsp3) is 0.120. The summed E-state index contributed by atoms with van der Waals surface area (Å²) >= 11 is 6.19. The molecule has 0 saturated heterocycles. The molecule has 0 amide bonds. The van der Waals surface area contributed by atoms with Gasteiger partial charge in [-0.2, -0.15) is 0 Å². The van der Waals surface area contributed by atoms with Gasteiger partial charge in [0.15, 0.2) is 17.2 Å². The minimum absolute atomic E-state index is 0.224. The third-order valence-electron chi connectivity index (χ3n) is 4.75. The van der Waals surface area contributed by atoms with Gasteiger partial charge in [0.05, 0.1) is 7.11 Å². The molecule has 0 spiro atoms. The fourth-order valence-electron chi connectivity index (χ4n) is 3.05. The third kappa shape index (κ3) is 4.78. The number of rotatable bonds is 6. The number of carbonyl (C=O) groups is 1. The summed E-state index contributed by atoms with van der Waals surface area (Å²) in [6.07, 6.45) is 1.66. The van der Waals surface area contributed by atoms with Gasteiger partial charge in [-0.1, -0.05) is 53.6 Å². The highest BCUT2D eigenvalue weighted by molar-refractivity contribution is 6.31. The number of aliphatic imine (C=N–C) groups is 1. The number of aryl methyl sites for hydroxylation is 1. The summed E-state index contributed by atoms with van der Waals surface area (Å²) in [7, 11) is 1.56. The first kappa shape index (κ1) is 20.7. The van der Waals surface area contributed by atoms with E-state index < -0.39 is 5.97 Å². The van der Waals surface area contributed by atoms with E-state index in [2.05, 4.69) is 4.99 Å². The molecule has 0 unspecified atom stereocenters. The Bertz CT molecular complexity index is 1180. The Kier molecular flexibility index (Phi) is 6.05. The van der Waals surface area contributed by atoms with Crippen molar-refractivity contribution in [3.8, 4) is 11.5 Å². The van der Waals surface area contributed by atoms with Crippen molar-refractivity contribution in [2.75, 3.05) is 7.11 Å². The predicted octanol–water partition coefficient (Wildman–Crippen LogP) is 5.58. The van der Waals surface area contributed by atoms with Crippen molar-refractivity contribution < 1.29 is 19.0 Å².